The van der Waals surface area contributed by atoms with Crippen molar-refractivity contribution in [3.8, 4) is 0 Å². The summed E-state index contributed by atoms with van der Waals surface area (Å²) in [6, 6.07) is 1.90. The number of Topliss-reactive ketones (excluding diaryl/α,β-unsaturated/α-hetero) is 1. The third-order valence-corrected chi connectivity index (χ3v) is 4.12. The second-order valence-corrected chi connectivity index (χ2v) is 5.88. The number of H-pyrrole nitrogens is 1. The van der Waals surface area contributed by atoms with E-state index < -0.39 is 0 Å². The number of aromatic amines is 1. The minimum atomic E-state index is -0.0439. The van der Waals surface area contributed by atoms with Crippen molar-refractivity contribution in [1.29, 1.82) is 0 Å². The van der Waals surface area contributed by atoms with Gasteiger partial charge >= 0.3 is 0 Å². The van der Waals surface area contributed by atoms with Gasteiger partial charge in [-0.15, -0.1) is 0 Å². The Balaban J connectivity index is 0.000000924. The number of likely N-dealkylation sites (tertiary alicyclic amines) is 1. The van der Waals surface area contributed by atoms with E-state index in [4.69, 9.17) is 0 Å². The van der Waals surface area contributed by atoms with Crippen LogP contribution in [0.3, 0.4) is 0 Å². The van der Waals surface area contributed by atoms with Crippen LogP contribution >= 0.6 is 0 Å². The minimum Gasteiger partial charge on any atom is -0.368 e. The largest absolute Gasteiger partial charge is 0.368 e. The maximum Gasteiger partial charge on any atom is 0.223 e. The van der Waals surface area contributed by atoms with Gasteiger partial charge in [0.2, 0.25) is 5.91 Å². The Morgan fingerprint density at radius 1 is 1.35 bits per heavy atom. The number of carbonyl (C=O) groups excluding carboxylic acids is 2. The predicted octanol–water partition coefficient (Wildman–Crippen LogP) is 2.21. The zero-order chi connectivity index (χ0) is 17.0. The lowest BCUT2D eigenvalue weighted by Gasteiger charge is -2.20. The first-order valence-electron chi connectivity index (χ1n) is 8.35. The van der Waals surface area contributed by atoms with Gasteiger partial charge in [0.15, 0.2) is 5.78 Å². The van der Waals surface area contributed by atoms with Crippen LogP contribution in [0.2, 0.25) is 0 Å². The van der Waals surface area contributed by atoms with Crippen LogP contribution in [0.15, 0.2) is 12.6 Å². The van der Waals surface area contributed by atoms with E-state index in [9.17, 15) is 9.59 Å². The fourth-order valence-corrected chi connectivity index (χ4v) is 2.60. The molecular formula is C17H26N4O2. The fourth-order valence-electron chi connectivity index (χ4n) is 2.60. The maximum absolute atomic E-state index is 11.8. The van der Waals surface area contributed by atoms with E-state index in [1.165, 1.54) is 6.92 Å². The smallest absolute Gasteiger partial charge is 0.223 e. The summed E-state index contributed by atoms with van der Waals surface area (Å²) in [5.74, 6) is 0.385. The van der Waals surface area contributed by atoms with Gasteiger partial charge in [-0.3, -0.25) is 14.7 Å². The van der Waals surface area contributed by atoms with Gasteiger partial charge in [-0.1, -0.05) is 20.4 Å². The van der Waals surface area contributed by atoms with Crippen LogP contribution in [0.1, 0.15) is 56.2 Å². The minimum absolute atomic E-state index is 0.0439. The van der Waals surface area contributed by atoms with Crippen LogP contribution in [-0.2, 0) is 4.79 Å². The number of aromatic nitrogens is 2. The average molecular weight is 318 g/mol. The molecule has 0 aromatic carbocycles. The van der Waals surface area contributed by atoms with E-state index in [-0.39, 0.29) is 23.7 Å². The highest BCUT2D eigenvalue weighted by molar-refractivity contribution is 5.92. The van der Waals surface area contributed by atoms with Crippen molar-refractivity contribution in [1.82, 2.24) is 20.4 Å². The highest BCUT2D eigenvalue weighted by atomic mass is 16.2. The molecule has 0 spiro atoms. The van der Waals surface area contributed by atoms with E-state index in [0.29, 0.717) is 11.4 Å². The Bertz CT molecular complexity index is 589. The zero-order valence-electron chi connectivity index (χ0n) is 14.2. The first kappa shape index (κ1) is 17.2. The monoisotopic (exact) mass is 318 g/mol. The molecule has 6 nitrogen and oxygen atoms in total. The highest BCUT2D eigenvalue weighted by Crippen LogP contribution is 2.29. The lowest BCUT2D eigenvalue weighted by Crippen LogP contribution is -2.37. The zero-order valence-corrected chi connectivity index (χ0v) is 14.2. The lowest BCUT2D eigenvalue weighted by molar-refractivity contribution is -0.122. The molecule has 2 heterocycles. The van der Waals surface area contributed by atoms with Crippen LogP contribution in [0, 0.1) is 5.92 Å². The number of carbonyl (C=O) groups is 2. The number of nitrogens with zero attached hydrogens (tertiary/aromatic N) is 2. The molecule has 1 saturated carbocycles. The predicted molar refractivity (Wildman–Crippen MR) is 89.8 cm³/mol. The van der Waals surface area contributed by atoms with Crippen LogP contribution in [-0.4, -0.2) is 45.9 Å². The van der Waals surface area contributed by atoms with Crippen molar-refractivity contribution in [3.63, 3.8) is 0 Å². The molecule has 6 heteroatoms. The summed E-state index contributed by atoms with van der Waals surface area (Å²) in [7, 11) is 0. The first-order valence-corrected chi connectivity index (χ1v) is 8.35. The van der Waals surface area contributed by atoms with Crippen molar-refractivity contribution in [2.75, 3.05) is 13.1 Å². The second kappa shape index (κ2) is 7.44. The molecule has 3 rings (SSSR count). The Morgan fingerprint density at radius 2 is 2.04 bits per heavy atom. The summed E-state index contributed by atoms with van der Waals surface area (Å²) in [6.07, 6.45) is 2.97. The molecule has 2 N–H and O–H groups in total. The number of rotatable bonds is 5. The van der Waals surface area contributed by atoms with Crippen molar-refractivity contribution in [2.24, 2.45) is 5.92 Å². The molecule has 1 amide bonds. The maximum atomic E-state index is 11.8. The Labute approximate surface area is 137 Å². The summed E-state index contributed by atoms with van der Waals surface area (Å²) in [5.41, 5.74) is 1.97. The molecular weight excluding hydrogens is 292 g/mol. The van der Waals surface area contributed by atoms with E-state index in [1.807, 2.05) is 13.8 Å². The van der Waals surface area contributed by atoms with Crippen LogP contribution < -0.4 is 5.32 Å². The summed E-state index contributed by atoms with van der Waals surface area (Å²) < 4.78 is 0. The molecule has 2 fully saturated rings. The number of ketones is 1. The standard InChI is InChI=1S/C15H20N4O2.C2H6/c1-9(13-7-14(10(2)20)18-17-13)19-6-5-12(8-19)16-15(21)11-3-4-11;1-2/h7,11-12H,1,3-6,8H2,2H3,(H,16,21)(H,17,18);1-2H3. The highest BCUT2D eigenvalue weighted by Gasteiger charge is 2.33. The molecule has 1 aliphatic heterocycles. The van der Waals surface area contributed by atoms with Crippen molar-refractivity contribution < 1.29 is 9.59 Å². The van der Waals surface area contributed by atoms with Gasteiger partial charge in [-0.25, -0.2) is 0 Å². The Hall–Kier alpha value is -2.11. The molecule has 1 aliphatic carbocycles. The van der Waals surface area contributed by atoms with Gasteiger partial charge in [-0.05, 0) is 25.3 Å². The van der Waals surface area contributed by atoms with Gasteiger partial charge in [0.05, 0.1) is 5.70 Å². The first-order chi connectivity index (χ1) is 11.0. The van der Waals surface area contributed by atoms with Gasteiger partial charge < -0.3 is 10.2 Å². The van der Waals surface area contributed by atoms with E-state index in [0.717, 1.165) is 38.0 Å². The lowest BCUT2D eigenvalue weighted by atomic mass is 10.2. The Kier molecular flexibility index (Phi) is 5.58. The van der Waals surface area contributed by atoms with Gasteiger partial charge in [-0.2, -0.15) is 5.10 Å². The molecule has 0 radical (unpaired) electrons. The van der Waals surface area contributed by atoms with Crippen LogP contribution in [0.4, 0.5) is 0 Å². The topological polar surface area (TPSA) is 78.1 Å². The molecule has 1 atom stereocenters. The molecule has 1 aromatic rings. The SMILES string of the molecule is C=C(c1cc(C(C)=O)[nH]n1)N1CCC(NC(=O)C2CC2)C1.CC. The van der Waals surface area contributed by atoms with Gasteiger partial charge in [0.25, 0.3) is 0 Å². The summed E-state index contributed by atoms with van der Waals surface area (Å²) >= 11 is 0. The molecule has 23 heavy (non-hydrogen) atoms. The van der Waals surface area contributed by atoms with E-state index in [1.54, 1.807) is 6.07 Å². The molecule has 0 bridgehead atoms. The summed E-state index contributed by atoms with van der Waals surface area (Å²) in [4.78, 5) is 25.2. The number of hydrogen-bond acceptors (Lipinski definition) is 4. The molecule has 1 unspecified atom stereocenters. The quantitative estimate of drug-likeness (QED) is 0.816. The molecule has 2 aliphatic rings. The normalized spacial score (nSPS) is 19.8. The Morgan fingerprint density at radius 3 is 2.61 bits per heavy atom. The van der Waals surface area contributed by atoms with Crippen LogP contribution in [0.25, 0.3) is 5.70 Å². The van der Waals surface area contributed by atoms with Crippen molar-refractivity contribution in [2.45, 2.75) is 46.1 Å². The van der Waals surface area contributed by atoms with Gasteiger partial charge in [0.1, 0.15) is 11.4 Å². The van der Waals surface area contributed by atoms with Crippen LogP contribution in [0.5, 0.6) is 0 Å². The van der Waals surface area contributed by atoms with Crippen molar-refractivity contribution >= 4 is 17.4 Å². The summed E-state index contributed by atoms with van der Waals surface area (Å²) in [6.45, 7) is 11.2. The average Bonchev–Trinajstić information content (AvgIpc) is 3.10. The number of nitrogens with one attached hydrogen (secondary N) is 2. The number of amides is 1. The number of hydrogen-bond donors (Lipinski definition) is 2. The van der Waals surface area contributed by atoms with Gasteiger partial charge in [0, 0.05) is 32.0 Å². The molecule has 1 aromatic heterocycles. The molecule has 1 saturated heterocycles. The third kappa shape index (κ3) is 4.21. The van der Waals surface area contributed by atoms with Crippen molar-refractivity contribution in [3.05, 3.63) is 24.0 Å². The summed E-state index contributed by atoms with van der Waals surface area (Å²) in [5, 5.41) is 9.95. The third-order valence-electron chi connectivity index (χ3n) is 4.12. The fraction of sp³-hybridized carbons (Fsp3) is 0.588. The second-order valence-electron chi connectivity index (χ2n) is 5.88. The van der Waals surface area contributed by atoms with E-state index >= 15 is 0 Å². The molecule has 126 valence electrons. The van der Waals surface area contributed by atoms with E-state index in [2.05, 4.69) is 27.0 Å².